The first-order chi connectivity index (χ1) is 7.13. The molecule has 2 heterocycles. The van der Waals surface area contributed by atoms with Crippen LogP contribution in [0, 0.1) is 13.8 Å². The van der Waals surface area contributed by atoms with Crippen molar-refractivity contribution in [3.63, 3.8) is 0 Å². The normalized spacial score (nSPS) is 10.9. The Labute approximate surface area is 91.6 Å². The molecule has 0 aliphatic carbocycles. The van der Waals surface area contributed by atoms with E-state index in [4.69, 9.17) is 0 Å². The number of aromatic nitrogens is 3. The van der Waals surface area contributed by atoms with Gasteiger partial charge < -0.3 is 4.98 Å². The Bertz CT molecular complexity index is 535. The lowest BCUT2D eigenvalue weighted by Gasteiger charge is -1.99. The average molecular weight is 223 g/mol. The summed E-state index contributed by atoms with van der Waals surface area (Å²) >= 11 is 1.19. The van der Waals surface area contributed by atoms with E-state index in [-0.39, 0.29) is 4.87 Å². The Balaban J connectivity index is 2.62. The lowest BCUT2D eigenvalue weighted by molar-refractivity contribution is 0.634. The molecular weight excluding hydrogens is 210 g/mol. The molecule has 0 aliphatic rings. The molecule has 1 N–H and O–H groups in total. The maximum absolute atomic E-state index is 11.1. The molecule has 2 aromatic heterocycles. The van der Waals surface area contributed by atoms with Gasteiger partial charge in [0.05, 0.1) is 11.4 Å². The first kappa shape index (κ1) is 10.2. The van der Waals surface area contributed by atoms with E-state index in [1.165, 1.54) is 11.3 Å². The number of H-pyrrole nitrogens is 1. The van der Waals surface area contributed by atoms with Gasteiger partial charge in [0, 0.05) is 23.2 Å². The summed E-state index contributed by atoms with van der Waals surface area (Å²) in [6, 6.07) is 0. The van der Waals surface area contributed by atoms with Crippen LogP contribution in [0.3, 0.4) is 0 Å². The summed E-state index contributed by atoms with van der Waals surface area (Å²) in [5.74, 6) is 0. The fraction of sp³-hybridized carbons (Fsp3) is 0.400. The van der Waals surface area contributed by atoms with Crippen LogP contribution in [-0.4, -0.2) is 14.8 Å². The highest BCUT2D eigenvalue weighted by atomic mass is 32.1. The van der Waals surface area contributed by atoms with Crippen molar-refractivity contribution in [2.45, 2.75) is 27.3 Å². The van der Waals surface area contributed by atoms with Crippen molar-refractivity contribution in [3.8, 4) is 11.3 Å². The Morgan fingerprint density at radius 3 is 2.73 bits per heavy atom. The highest BCUT2D eigenvalue weighted by molar-refractivity contribution is 7.07. The molecule has 0 saturated heterocycles. The Morgan fingerprint density at radius 2 is 2.27 bits per heavy atom. The van der Waals surface area contributed by atoms with Gasteiger partial charge in [-0.3, -0.25) is 9.48 Å². The van der Waals surface area contributed by atoms with Crippen molar-refractivity contribution in [1.29, 1.82) is 0 Å². The van der Waals surface area contributed by atoms with Crippen LogP contribution in [0.2, 0.25) is 0 Å². The van der Waals surface area contributed by atoms with Crippen LogP contribution in [0.15, 0.2) is 10.2 Å². The van der Waals surface area contributed by atoms with Gasteiger partial charge in [-0.05, 0) is 20.8 Å². The van der Waals surface area contributed by atoms with E-state index < -0.39 is 0 Å². The Morgan fingerprint density at radius 1 is 1.53 bits per heavy atom. The molecule has 0 bridgehead atoms. The molecule has 0 atom stereocenters. The first-order valence-corrected chi connectivity index (χ1v) is 5.73. The van der Waals surface area contributed by atoms with Gasteiger partial charge in [-0.15, -0.1) is 0 Å². The number of hydrogen-bond acceptors (Lipinski definition) is 3. The second kappa shape index (κ2) is 3.66. The van der Waals surface area contributed by atoms with Crippen molar-refractivity contribution >= 4 is 11.3 Å². The average Bonchev–Trinajstić information content (AvgIpc) is 2.71. The summed E-state index contributed by atoms with van der Waals surface area (Å²) in [5.41, 5.74) is 3.99. The van der Waals surface area contributed by atoms with Crippen LogP contribution < -0.4 is 4.87 Å². The van der Waals surface area contributed by atoms with Crippen molar-refractivity contribution in [2.24, 2.45) is 0 Å². The van der Waals surface area contributed by atoms with E-state index in [2.05, 4.69) is 17.0 Å². The molecule has 2 rings (SSSR count). The van der Waals surface area contributed by atoms with Gasteiger partial charge >= 0.3 is 4.87 Å². The second-order valence-electron chi connectivity index (χ2n) is 3.42. The third-order valence-electron chi connectivity index (χ3n) is 2.47. The predicted octanol–water partition coefficient (Wildman–Crippen LogP) is 1.94. The summed E-state index contributed by atoms with van der Waals surface area (Å²) < 4.78 is 1.95. The molecule has 0 radical (unpaired) electrons. The largest absolute Gasteiger partial charge is 0.312 e. The zero-order valence-corrected chi connectivity index (χ0v) is 9.81. The standard InChI is InChI=1S/C10H13N3OS/c1-4-13-7(3)9(6(2)12-13)8-5-15-10(14)11-8/h5H,4H2,1-3H3,(H,11,14). The molecule has 0 aliphatic heterocycles. The minimum atomic E-state index is -0.0203. The van der Waals surface area contributed by atoms with Crippen LogP contribution in [0.4, 0.5) is 0 Å². The maximum Gasteiger partial charge on any atom is 0.304 e. The number of hydrogen-bond donors (Lipinski definition) is 1. The van der Waals surface area contributed by atoms with Gasteiger partial charge in [-0.1, -0.05) is 11.3 Å². The van der Waals surface area contributed by atoms with Gasteiger partial charge in [-0.25, -0.2) is 0 Å². The van der Waals surface area contributed by atoms with E-state index in [9.17, 15) is 4.79 Å². The van der Waals surface area contributed by atoms with Gasteiger partial charge in [0.15, 0.2) is 0 Å². The summed E-state index contributed by atoms with van der Waals surface area (Å²) in [6.45, 7) is 6.89. The predicted molar refractivity (Wildman–Crippen MR) is 61.3 cm³/mol. The fourth-order valence-electron chi connectivity index (χ4n) is 1.80. The fourth-order valence-corrected chi connectivity index (χ4v) is 2.37. The van der Waals surface area contributed by atoms with Crippen molar-refractivity contribution in [1.82, 2.24) is 14.8 Å². The number of aromatic amines is 1. The number of nitrogens with one attached hydrogen (secondary N) is 1. The third kappa shape index (κ3) is 1.63. The molecule has 80 valence electrons. The van der Waals surface area contributed by atoms with Gasteiger partial charge in [-0.2, -0.15) is 5.10 Å². The molecular formula is C10H13N3OS. The number of nitrogens with zero attached hydrogens (tertiary/aromatic N) is 2. The van der Waals surface area contributed by atoms with Crippen LogP contribution >= 0.6 is 11.3 Å². The number of rotatable bonds is 2. The summed E-state index contributed by atoms with van der Waals surface area (Å²) in [7, 11) is 0. The summed E-state index contributed by atoms with van der Waals surface area (Å²) in [4.78, 5) is 13.9. The van der Waals surface area contributed by atoms with Gasteiger partial charge in [0.25, 0.3) is 0 Å². The van der Waals surface area contributed by atoms with E-state index >= 15 is 0 Å². The Hall–Kier alpha value is -1.36. The minimum absolute atomic E-state index is 0.0203. The van der Waals surface area contributed by atoms with E-state index in [0.717, 1.165) is 29.2 Å². The molecule has 0 amide bonds. The molecule has 0 aromatic carbocycles. The van der Waals surface area contributed by atoms with E-state index in [0.29, 0.717) is 0 Å². The molecule has 2 aromatic rings. The zero-order chi connectivity index (χ0) is 11.0. The van der Waals surface area contributed by atoms with Gasteiger partial charge in [0.2, 0.25) is 0 Å². The topological polar surface area (TPSA) is 50.7 Å². The lowest BCUT2D eigenvalue weighted by atomic mass is 10.1. The molecule has 0 unspecified atom stereocenters. The molecule has 0 spiro atoms. The SMILES string of the molecule is CCn1nc(C)c(-c2csc(=O)[nH]2)c1C. The molecule has 0 fully saturated rings. The van der Waals surface area contributed by atoms with Crippen LogP contribution in [-0.2, 0) is 6.54 Å². The van der Waals surface area contributed by atoms with Crippen LogP contribution in [0.1, 0.15) is 18.3 Å². The smallest absolute Gasteiger partial charge is 0.304 e. The highest BCUT2D eigenvalue weighted by Gasteiger charge is 2.13. The van der Waals surface area contributed by atoms with E-state index in [1.54, 1.807) is 0 Å². The Kier molecular flexibility index (Phi) is 2.48. The number of thiazole rings is 1. The molecule has 5 heteroatoms. The second-order valence-corrected chi connectivity index (χ2v) is 4.27. The number of aryl methyl sites for hydroxylation is 2. The summed E-state index contributed by atoms with van der Waals surface area (Å²) in [6.07, 6.45) is 0. The lowest BCUT2D eigenvalue weighted by Crippen LogP contribution is -1.99. The molecule has 4 nitrogen and oxygen atoms in total. The highest BCUT2D eigenvalue weighted by Crippen LogP contribution is 2.25. The quantitative estimate of drug-likeness (QED) is 0.845. The first-order valence-electron chi connectivity index (χ1n) is 4.85. The van der Waals surface area contributed by atoms with Crippen LogP contribution in [0.25, 0.3) is 11.3 Å². The molecule has 15 heavy (non-hydrogen) atoms. The van der Waals surface area contributed by atoms with E-state index in [1.807, 2.05) is 23.9 Å². The monoisotopic (exact) mass is 223 g/mol. The van der Waals surface area contributed by atoms with Gasteiger partial charge in [0.1, 0.15) is 0 Å². The minimum Gasteiger partial charge on any atom is -0.312 e. The van der Waals surface area contributed by atoms with Crippen molar-refractivity contribution in [2.75, 3.05) is 0 Å². The molecule has 0 saturated carbocycles. The maximum atomic E-state index is 11.1. The zero-order valence-electron chi connectivity index (χ0n) is 9.00. The summed E-state index contributed by atoms with van der Waals surface area (Å²) in [5, 5.41) is 6.26. The van der Waals surface area contributed by atoms with Crippen molar-refractivity contribution in [3.05, 3.63) is 26.4 Å². The third-order valence-corrected chi connectivity index (χ3v) is 3.14. The van der Waals surface area contributed by atoms with Crippen LogP contribution in [0.5, 0.6) is 0 Å². The van der Waals surface area contributed by atoms with Crippen molar-refractivity contribution < 1.29 is 0 Å².